The molecule has 3 rings (SSSR count). The molecule has 0 aromatic heterocycles. The Kier molecular flexibility index (Phi) is 5.85. The van der Waals surface area contributed by atoms with Crippen molar-refractivity contribution < 1.29 is 9.53 Å². The van der Waals surface area contributed by atoms with Crippen LogP contribution < -0.4 is 4.90 Å². The zero-order chi connectivity index (χ0) is 20.6. The predicted molar refractivity (Wildman–Crippen MR) is 116 cm³/mol. The first-order valence-corrected chi connectivity index (χ1v) is 10.4. The smallest absolute Gasteiger partial charge is 0.410 e. The van der Waals surface area contributed by atoms with Gasteiger partial charge < -0.3 is 19.4 Å². The molecule has 0 radical (unpaired) electrons. The number of anilines is 1. The van der Waals surface area contributed by atoms with Crippen LogP contribution in [0.1, 0.15) is 57.7 Å². The SMILES string of the molecule is CC1c2c(Cl)ccc(N(C)C3CCN(C(=O)OC(C)(C)C)CC3)c2C=CN1C. The average Bonchev–Trinajstić information content (AvgIpc) is 2.63. The maximum atomic E-state index is 12.3. The summed E-state index contributed by atoms with van der Waals surface area (Å²) in [5, 5.41) is 0.815. The molecule has 2 aliphatic heterocycles. The monoisotopic (exact) mass is 405 g/mol. The summed E-state index contributed by atoms with van der Waals surface area (Å²) in [6.45, 7) is 9.32. The summed E-state index contributed by atoms with van der Waals surface area (Å²) >= 11 is 6.53. The molecule has 0 spiro atoms. The topological polar surface area (TPSA) is 36.0 Å². The van der Waals surface area contributed by atoms with Crippen molar-refractivity contribution in [3.63, 3.8) is 0 Å². The van der Waals surface area contributed by atoms with Gasteiger partial charge in [-0.1, -0.05) is 11.6 Å². The minimum atomic E-state index is -0.455. The van der Waals surface area contributed by atoms with Crippen molar-refractivity contribution in [2.45, 2.75) is 58.2 Å². The highest BCUT2D eigenvalue weighted by atomic mass is 35.5. The Morgan fingerprint density at radius 2 is 1.89 bits per heavy atom. The number of fused-ring (bicyclic) bond motifs is 1. The van der Waals surface area contributed by atoms with Crippen LogP contribution in [-0.4, -0.2) is 54.7 Å². The molecule has 2 aliphatic rings. The van der Waals surface area contributed by atoms with Crippen molar-refractivity contribution in [3.05, 3.63) is 34.5 Å². The van der Waals surface area contributed by atoms with E-state index in [0.717, 1.165) is 17.9 Å². The number of nitrogens with zero attached hydrogens (tertiary/aromatic N) is 3. The number of carbonyl (C=O) groups is 1. The zero-order valence-electron chi connectivity index (χ0n) is 17.8. The summed E-state index contributed by atoms with van der Waals surface area (Å²) in [7, 11) is 4.22. The largest absolute Gasteiger partial charge is 0.444 e. The normalized spacial score (nSPS) is 20.2. The highest BCUT2D eigenvalue weighted by Crippen LogP contribution is 2.40. The van der Waals surface area contributed by atoms with Crippen LogP contribution in [0.3, 0.4) is 0 Å². The molecule has 6 heteroatoms. The second-order valence-electron chi connectivity index (χ2n) is 8.86. The van der Waals surface area contributed by atoms with Crippen molar-refractivity contribution in [3.8, 4) is 0 Å². The molecule has 0 aliphatic carbocycles. The van der Waals surface area contributed by atoms with Crippen molar-refractivity contribution in [1.29, 1.82) is 0 Å². The number of carbonyl (C=O) groups excluding carboxylic acids is 1. The van der Waals surface area contributed by atoms with Crippen LogP contribution in [0.4, 0.5) is 10.5 Å². The minimum Gasteiger partial charge on any atom is -0.444 e. The van der Waals surface area contributed by atoms with E-state index >= 15 is 0 Å². The number of hydrogen-bond acceptors (Lipinski definition) is 4. The van der Waals surface area contributed by atoms with Crippen LogP contribution in [-0.2, 0) is 4.74 Å². The number of amides is 1. The van der Waals surface area contributed by atoms with Gasteiger partial charge in [0, 0.05) is 55.1 Å². The summed E-state index contributed by atoms with van der Waals surface area (Å²) in [4.78, 5) is 18.7. The predicted octanol–water partition coefficient (Wildman–Crippen LogP) is 5.15. The van der Waals surface area contributed by atoms with E-state index in [1.54, 1.807) is 0 Å². The maximum Gasteiger partial charge on any atom is 0.410 e. The Bertz CT molecular complexity index is 764. The van der Waals surface area contributed by atoms with E-state index in [9.17, 15) is 4.79 Å². The van der Waals surface area contributed by atoms with E-state index in [-0.39, 0.29) is 12.1 Å². The summed E-state index contributed by atoms with van der Waals surface area (Å²) in [5.41, 5.74) is 3.13. The molecule has 1 saturated heterocycles. The number of halogens is 1. The second-order valence-corrected chi connectivity index (χ2v) is 9.27. The van der Waals surface area contributed by atoms with Gasteiger partial charge in [0.25, 0.3) is 0 Å². The number of hydrogen-bond donors (Lipinski definition) is 0. The highest BCUT2D eigenvalue weighted by molar-refractivity contribution is 6.31. The molecule has 28 heavy (non-hydrogen) atoms. The van der Waals surface area contributed by atoms with Gasteiger partial charge in [0.05, 0.1) is 6.04 Å². The first-order chi connectivity index (χ1) is 13.1. The Balaban J connectivity index is 1.73. The van der Waals surface area contributed by atoms with E-state index < -0.39 is 5.60 Å². The molecule has 1 aromatic rings. The van der Waals surface area contributed by atoms with Gasteiger partial charge in [-0.25, -0.2) is 4.79 Å². The Labute approximate surface area is 173 Å². The third kappa shape index (κ3) is 4.24. The molecule has 1 unspecified atom stereocenters. The molecular weight excluding hydrogens is 374 g/mol. The molecule has 0 N–H and O–H groups in total. The van der Waals surface area contributed by atoms with Crippen molar-refractivity contribution in [1.82, 2.24) is 9.80 Å². The number of rotatable bonds is 2. The van der Waals surface area contributed by atoms with E-state index in [2.05, 4.69) is 49.2 Å². The van der Waals surface area contributed by atoms with Crippen molar-refractivity contribution >= 4 is 29.5 Å². The summed E-state index contributed by atoms with van der Waals surface area (Å²) in [6.07, 6.45) is 5.91. The van der Waals surface area contributed by atoms with E-state index in [1.165, 1.54) is 16.8 Å². The molecular formula is C22H32ClN3O2. The lowest BCUT2D eigenvalue weighted by atomic mass is 9.94. The molecule has 0 bridgehead atoms. The van der Waals surface area contributed by atoms with Gasteiger partial charge in [-0.15, -0.1) is 0 Å². The molecule has 1 fully saturated rings. The Morgan fingerprint density at radius 3 is 2.50 bits per heavy atom. The standard InChI is InChI=1S/C22H32ClN3O2/c1-15-20-17(11-12-24(15)5)19(8-7-18(20)23)25(6)16-9-13-26(14-10-16)21(27)28-22(2,3)4/h7-8,11-12,15-16H,9-10,13-14H2,1-6H3. The number of piperidine rings is 1. The maximum absolute atomic E-state index is 12.3. The quantitative estimate of drug-likeness (QED) is 0.681. The Morgan fingerprint density at radius 1 is 1.25 bits per heavy atom. The Hall–Kier alpha value is -1.88. The highest BCUT2D eigenvalue weighted by Gasteiger charge is 2.30. The number of benzene rings is 1. The third-order valence-corrected chi connectivity index (χ3v) is 6.09. The third-order valence-electron chi connectivity index (χ3n) is 5.76. The second kappa shape index (κ2) is 7.86. The fourth-order valence-electron chi connectivity index (χ4n) is 3.99. The fourth-order valence-corrected chi connectivity index (χ4v) is 4.31. The van der Waals surface area contributed by atoms with Gasteiger partial charge in [0.15, 0.2) is 0 Å². The molecule has 5 nitrogen and oxygen atoms in total. The number of ether oxygens (including phenoxy) is 1. The van der Waals surface area contributed by atoms with Crippen molar-refractivity contribution in [2.24, 2.45) is 0 Å². The molecule has 1 aromatic carbocycles. The van der Waals surface area contributed by atoms with E-state index in [0.29, 0.717) is 19.1 Å². The van der Waals surface area contributed by atoms with Crippen LogP contribution >= 0.6 is 11.6 Å². The van der Waals surface area contributed by atoms with Gasteiger partial charge in [-0.2, -0.15) is 0 Å². The van der Waals surface area contributed by atoms with Gasteiger partial charge in [0.2, 0.25) is 0 Å². The van der Waals surface area contributed by atoms with Crippen LogP contribution in [0.5, 0.6) is 0 Å². The number of likely N-dealkylation sites (tertiary alicyclic amines) is 1. The van der Waals surface area contributed by atoms with Gasteiger partial charge >= 0.3 is 6.09 Å². The fraction of sp³-hybridized carbons (Fsp3) is 0.591. The lowest BCUT2D eigenvalue weighted by Gasteiger charge is -2.40. The van der Waals surface area contributed by atoms with E-state index in [4.69, 9.17) is 16.3 Å². The van der Waals surface area contributed by atoms with Gasteiger partial charge in [-0.3, -0.25) is 0 Å². The molecule has 2 heterocycles. The van der Waals surface area contributed by atoms with Crippen LogP contribution in [0, 0.1) is 0 Å². The first-order valence-electron chi connectivity index (χ1n) is 10.0. The van der Waals surface area contributed by atoms with Crippen molar-refractivity contribution in [2.75, 3.05) is 32.1 Å². The summed E-state index contributed by atoms with van der Waals surface area (Å²) in [6, 6.07) is 4.75. The molecule has 1 atom stereocenters. The van der Waals surface area contributed by atoms with Gasteiger partial charge in [0.1, 0.15) is 5.60 Å². The lowest BCUT2D eigenvalue weighted by molar-refractivity contribution is 0.0205. The van der Waals surface area contributed by atoms with Crippen LogP contribution in [0.25, 0.3) is 6.08 Å². The van der Waals surface area contributed by atoms with E-state index in [1.807, 2.05) is 31.7 Å². The van der Waals surface area contributed by atoms with Crippen LogP contribution in [0.15, 0.2) is 18.3 Å². The zero-order valence-corrected chi connectivity index (χ0v) is 18.6. The summed E-state index contributed by atoms with van der Waals surface area (Å²) < 4.78 is 5.51. The summed E-state index contributed by atoms with van der Waals surface area (Å²) in [5.74, 6) is 0. The average molecular weight is 406 g/mol. The molecule has 1 amide bonds. The first kappa shape index (κ1) is 20.8. The molecule has 0 saturated carbocycles. The lowest BCUT2D eigenvalue weighted by Crippen LogP contribution is -2.47. The van der Waals surface area contributed by atoms with Gasteiger partial charge in [-0.05, 0) is 64.9 Å². The molecule has 154 valence electrons. The van der Waals surface area contributed by atoms with Crippen LogP contribution in [0.2, 0.25) is 5.02 Å². The minimum absolute atomic E-state index is 0.211.